The van der Waals surface area contributed by atoms with Crippen molar-refractivity contribution < 1.29 is 19.8 Å². The third kappa shape index (κ3) is 3.66. The van der Waals surface area contributed by atoms with Gasteiger partial charge in [0.25, 0.3) is 11.5 Å². The van der Waals surface area contributed by atoms with Gasteiger partial charge in [0.1, 0.15) is 5.69 Å². The number of carboxylic acid groups (broad SMARTS) is 1. The highest BCUT2D eigenvalue weighted by molar-refractivity contribution is 5.94. The minimum Gasteiger partial charge on any atom is -0.494 e. The molecule has 0 aliphatic rings. The number of aromatic amines is 1. The molecule has 0 unspecified atom stereocenters. The van der Waals surface area contributed by atoms with Gasteiger partial charge < -0.3 is 15.5 Å². The Hall–Kier alpha value is -3.16. The van der Waals surface area contributed by atoms with Crippen LogP contribution >= 0.6 is 0 Å². The van der Waals surface area contributed by atoms with Crippen LogP contribution in [-0.4, -0.2) is 32.1 Å². The van der Waals surface area contributed by atoms with Crippen molar-refractivity contribution >= 4 is 11.9 Å². The first-order valence-electron chi connectivity index (χ1n) is 5.85. The number of hydrogen-bond acceptors (Lipinski definition) is 5. The second-order valence-electron chi connectivity index (χ2n) is 4.16. The molecule has 0 spiro atoms. The molecule has 2 heterocycles. The van der Waals surface area contributed by atoms with Crippen molar-refractivity contribution in [1.82, 2.24) is 15.3 Å². The smallest absolute Gasteiger partial charge is 0.354 e. The van der Waals surface area contributed by atoms with Crippen molar-refractivity contribution in [3.8, 4) is 5.88 Å². The molecular weight excluding hydrogens is 278 g/mol. The summed E-state index contributed by atoms with van der Waals surface area (Å²) in [6, 6.07) is 5.03. The fourth-order valence-corrected chi connectivity index (χ4v) is 1.60. The molecule has 8 heteroatoms. The van der Waals surface area contributed by atoms with E-state index in [9.17, 15) is 19.5 Å². The second kappa shape index (κ2) is 5.87. The van der Waals surface area contributed by atoms with E-state index in [2.05, 4.69) is 15.3 Å². The maximum atomic E-state index is 11.8. The van der Waals surface area contributed by atoms with Crippen LogP contribution in [0.15, 0.2) is 35.3 Å². The lowest BCUT2D eigenvalue weighted by atomic mass is 10.2. The predicted octanol–water partition coefficient (Wildman–Crippen LogP) is 0.104. The molecular formula is C13H11N3O5. The van der Waals surface area contributed by atoms with Crippen LogP contribution in [0.5, 0.6) is 5.88 Å². The molecule has 1 amide bonds. The molecule has 0 radical (unpaired) electrons. The Labute approximate surface area is 118 Å². The number of H-pyrrole nitrogens is 1. The zero-order valence-corrected chi connectivity index (χ0v) is 10.7. The SMILES string of the molecule is O=C(NCc1ccc(C(=O)O)nc1)c1cc(O)[nH]c(=O)c1. The van der Waals surface area contributed by atoms with E-state index in [4.69, 9.17) is 5.11 Å². The summed E-state index contributed by atoms with van der Waals surface area (Å²) in [5, 5.41) is 20.4. The molecule has 21 heavy (non-hydrogen) atoms. The standard InChI is InChI=1S/C13H11N3O5/c17-10-3-8(4-11(18)16-10)12(19)15-6-7-1-2-9(13(20)21)14-5-7/h1-5H,6H2,(H,15,19)(H,20,21)(H2,16,17,18). The van der Waals surface area contributed by atoms with Crippen LogP contribution in [0.3, 0.4) is 0 Å². The van der Waals surface area contributed by atoms with Gasteiger partial charge in [-0.1, -0.05) is 6.07 Å². The van der Waals surface area contributed by atoms with Crippen LogP contribution in [0.2, 0.25) is 0 Å². The van der Waals surface area contributed by atoms with E-state index in [0.29, 0.717) is 5.56 Å². The molecule has 0 fully saturated rings. The largest absolute Gasteiger partial charge is 0.494 e. The first kappa shape index (κ1) is 14.3. The van der Waals surface area contributed by atoms with Crippen LogP contribution in [0.1, 0.15) is 26.4 Å². The van der Waals surface area contributed by atoms with Crippen LogP contribution in [-0.2, 0) is 6.54 Å². The molecule has 2 aromatic rings. The number of rotatable bonds is 4. The van der Waals surface area contributed by atoms with Gasteiger partial charge in [0.2, 0.25) is 0 Å². The summed E-state index contributed by atoms with van der Waals surface area (Å²) in [5.41, 5.74) is -0.0639. The summed E-state index contributed by atoms with van der Waals surface area (Å²) >= 11 is 0. The molecule has 0 aliphatic heterocycles. The first-order chi connectivity index (χ1) is 9.95. The van der Waals surface area contributed by atoms with Crippen molar-refractivity contribution in [1.29, 1.82) is 0 Å². The molecule has 2 aromatic heterocycles. The average molecular weight is 289 g/mol. The molecule has 0 atom stereocenters. The third-order valence-electron chi connectivity index (χ3n) is 2.59. The molecule has 0 saturated carbocycles. The predicted molar refractivity (Wildman–Crippen MR) is 71.1 cm³/mol. The maximum absolute atomic E-state index is 11.8. The van der Waals surface area contributed by atoms with E-state index in [1.807, 2.05) is 0 Å². The van der Waals surface area contributed by atoms with Gasteiger partial charge in [-0.2, -0.15) is 0 Å². The van der Waals surface area contributed by atoms with Crippen molar-refractivity contribution in [2.75, 3.05) is 0 Å². The molecule has 2 rings (SSSR count). The Bertz CT molecular complexity index is 736. The Morgan fingerprint density at radius 3 is 2.62 bits per heavy atom. The number of amides is 1. The number of nitrogens with one attached hydrogen (secondary N) is 2. The lowest BCUT2D eigenvalue weighted by Gasteiger charge is -2.05. The monoisotopic (exact) mass is 289 g/mol. The fourth-order valence-electron chi connectivity index (χ4n) is 1.60. The van der Waals surface area contributed by atoms with Gasteiger partial charge in [0.15, 0.2) is 5.88 Å². The molecule has 0 saturated heterocycles. The van der Waals surface area contributed by atoms with Gasteiger partial charge in [-0.15, -0.1) is 0 Å². The van der Waals surface area contributed by atoms with E-state index in [1.165, 1.54) is 18.3 Å². The summed E-state index contributed by atoms with van der Waals surface area (Å²) in [4.78, 5) is 39.4. The Morgan fingerprint density at radius 2 is 2.05 bits per heavy atom. The summed E-state index contributed by atoms with van der Waals surface area (Å²) in [7, 11) is 0. The summed E-state index contributed by atoms with van der Waals surface area (Å²) in [6.07, 6.45) is 1.33. The molecule has 4 N–H and O–H groups in total. The van der Waals surface area contributed by atoms with Gasteiger partial charge in [-0.3, -0.25) is 14.6 Å². The Balaban J connectivity index is 2.03. The first-order valence-corrected chi connectivity index (χ1v) is 5.85. The van der Waals surface area contributed by atoms with Crippen molar-refractivity contribution in [3.63, 3.8) is 0 Å². The number of hydrogen-bond donors (Lipinski definition) is 4. The van der Waals surface area contributed by atoms with Gasteiger partial charge in [-0.05, 0) is 11.6 Å². The molecule has 0 bridgehead atoms. The number of aromatic carboxylic acids is 1. The molecule has 0 aliphatic carbocycles. The summed E-state index contributed by atoms with van der Waals surface area (Å²) in [6.45, 7) is 0.110. The van der Waals surface area contributed by atoms with E-state index < -0.39 is 23.3 Å². The zero-order chi connectivity index (χ0) is 15.4. The quantitative estimate of drug-likeness (QED) is 0.631. The topological polar surface area (TPSA) is 132 Å². The van der Waals surface area contributed by atoms with E-state index in [-0.39, 0.29) is 17.8 Å². The summed E-state index contributed by atoms with van der Waals surface area (Å²) < 4.78 is 0. The number of aromatic hydroxyl groups is 1. The Morgan fingerprint density at radius 1 is 1.29 bits per heavy atom. The number of carbonyl (C=O) groups is 2. The number of aromatic nitrogens is 2. The van der Waals surface area contributed by atoms with E-state index in [0.717, 1.165) is 12.1 Å². The lowest BCUT2D eigenvalue weighted by molar-refractivity contribution is 0.0690. The number of carboxylic acids is 1. The zero-order valence-electron chi connectivity index (χ0n) is 10.7. The normalized spacial score (nSPS) is 10.1. The molecule has 0 aromatic carbocycles. The fraction of sp³-hybridized carbons (Fsp3) is 0.0769. The van der Waals surface area contributed by atoms with Crippen LogP contribution in [0.4, 0.5) is 0 Å². The number of carbonyl (C=O) groups excluding carboxylic acids is 1. The minimum absolute atomic E-state index is 0.0198. The van der Waals surface area contributed by atoms with E-state index in [1.54, 1.807) is 0 Å². The molecule has 108 valence electrons. The van der Waals surface area contributed by atoms with Crippen molar-refractivity contribution in [3.05, 3.63) is 57.6 Å². The van der Waals surface area contributed by atoms with Crippen molar-refractivity contribution in [2.24, 2.45) is 0 Å². The van der Waals surface area contributed by atoms with Gasteiger partial charge in [0, 0.05) is 24.9 Å². The highest BCUT2D eigenvalue weighted by atomic mass is 16.4. The Kier molecular flexibility index (Phi) is 3.98. The van der Waals surface area contributed by atoms with Crippen molar-refractivity contribution in [2.45, 2.75) is 6.54 Å². The van der Waals surface area contributed by atoms with Gasteiger partial charge in [0.05, 0.1) is 5.56 Å². The van der Waals surface area contributed by atoms with E-state index >= 15 is 0 Å². The third-order valence-corrected chi connectivity index (χ3v) is 2.59. The highest BCUT2D eigenvalue weighted by Crippen LogP contribution is 2.05. The maximum Gasteiger partial charge on any atom is 0.354 e. The van der Waals surface area contributed by atoms with Crippen LogP contribution in [0, 0.1) is 0 Å². The van der Waals surface area contributed by atoms with Crippen LogP contribution in [0.25, 0.3) is 0 Å². The van der Waals surface area contributed by atoms with Gasteiger partial charge >= 0.3 is 5.97 Å². The number of pyridine rings is 2. The summed E-state index contributed by atoms with van der Waals surface area (Å²) in [5.74, 6) is -2.08. The lowest BCUT2D eigenvalue weighted by Crippen LogP contribution is -2.24. The van der Waals surface area contributed by atoms with Gasteiger partial charge in [-0.25, -0.2) is 9.78 Å². The van der Waals surface area contributed by atoms with Crippen LogP contribution < -0.4 is 10.9 Å². The number of nitrogens with zero attached hydrogens (tertiary/aromatic N) is 1. The highest BCUT2D eigenvalue weighted by Gasteiger charge is 2.09. The second-order valence-corrected chi connectivity index (χ2v) is 4.16. The minimum atomic E-state index is -1.13. The average Bonchev–Trinajstić information content (AvgIpc) is 2.44. The molecule has 8 nitrogen and oxygen atoms in total.